The molecule has 1 rings (SSSR count). The van der Waals surface area contributed by atoms with Crippen LogP contribution in [0.2, 0.25) is 0 Å². The summed E-state index contributed by atoms with van der Waals surface area (Å²) in [5.74, 6) is 0.339. The van der Waals surface area contributed by atoms with E-state index in [-0.39, 0.29) is 6.09 Å². The third-order valence-electron chi connectivity index (χ3n) is 3.70. The third kappa shape index (κ3) is 8.74. The first-order chi connectivity index (χ1) is 12.2. The molecule has 1 aromatic carbocycles. The van der Waals surface area contributed by atoms with Crippen LogP contribution in [-0.2, 0) is 9.47 Å². The second-order valence-corrected chi connectivity index (χ2v) is 7.17. The number of alkyl carbamates (subject to hydrolysis) is 1. The number of carbonyl (C=O) groups is 2. The summed E-state index contributed by atoms with van der Waals surface area (Å²) >= 11 is 0. The van der Waals surface area contributed by atoms with E-state index in [1.807, 2.05) is 45.0 Å². The summed E-state index contributed by atoms with van der Waals surface area (Å²) in [6, 6.07) is 7.76. The highest BCUT2D eigenvalue weighted by Gasteiger charge is 2.17. The largest absolute Gasteiger partial charge is 0.450 e. The summed E-state index contributed by atoms with van der Waals surface area (Å²) in [5.41, 5.74) is 1.40. The number of amides is 2. The lowest BCUT2D eigenvalue weighted by Gasteiger charge is -2.21. The lowest BCUT2D eigenvalue weighted by Crippen LogP contribution is -2.33. The molecule has 0 saturated heterocycles. The molecule has 0 bridgehead atoms. The van der Waals surface area contributed by atoms with Gasteiger partial charge in [-0.05, 0) is 64.2 Å². The maximum absolute atomic E-state index is 11.7. The van der Waals surface area contributed by atoms with Crippen LogP contribution in [-0.4, -0.2) is 30.9 Å². The van der Waals surface area contributed by atoms with E-state index in [9.17, 15) is 9.59 Å². The number of hydrogen-bond donors (Lipinski definition) is 2. The molecule has 0 saturated carbocycles. The molecule has 6 heteroatoms. The standard InChI is InChI=1S/C20H32N2O4/c1-6-8-15(13-14-21-18(23)26-20(3,4)5)16-9-11-17(12-10-16)22-19(24)25-7-2/h9-12,15H,6-8,13-14H2,1-5H3,(H,21,23)(H,22,24). The Bertz CT molecular complexity index is 564. The van der Waals surface area contributed by atoms with Gasteiger partial charge in [-0.1, -0.05) is 25.5 Å². The summed E-state index contributed by atoms with van der Waals surface area (Å²) in [6.45, 7) is 10.3. The first-order valence-electron chi connectivity index (χ1n) is 9.25. The monoisotopic (exact) mass is 364 g/mol. The second-order valence-electron chi connectivity index (χ2n) is 7.17. The number of benzene rings is 1. The third-order valence-corrected chi connectivity index (χ3v) is 3.70. The van der Waals surface area contributed by atoms with Crippen LogP contribution in [0.1, 0.15) is 65.4 Å². The molecule has 26 heavy (non-hydrogen) atoms. The number of nitrogens with one attached hydrogen (secondary N) is 2. The first-order valence-corrected chi connectivity index (χ1v) is 9.25. The molecular formula is C20H32N2O4. The molecule has 0 fully saturated rings. The Morgan fingerprint density at radius 2 is 1.69 bits per heavy atom. The maximum atomic E-state index is 11.7. The SMILES string of the molecule is CCCC(CCNC(=O)OC(C)(C)C)c1ccc(NC(=O)OCC)cc1. The zero-order valence-electron chi connectivity index (χ0n) is 16.6. The normalized spacial score (nSPS) is 12.2. The fourth-order valence-corrected chi connectivity index (χ4v) is 2.61. The average molecular weight is 364 g/mol. The van der Waals surface area contributed by atoms with Gasteiger partial charge in [0.2, 0.25) is 0 Å². The number of anilines is 1. The van der Waals surface area contributed by atoms with E-state index in [0.717, 1.165) is 19.3 Å². The highest BCUT2D eigenvalue weighted by Crippen LogP contribution is 2.26. The van der Waals surface area contributed by atoms with Gasteiger partial charge >= 0.3 is 12.2 Å². The summed E-state index contributed by atoms with van der Waals surface area (Å²) in [7, 11) is 0. The molecule has 0 aliphatic carbocycles. The summed E-state index contributed by atoms with van der Waals surface area (Å²) in [6.07, 6.45) is 2.08. The van der Waals surface area contributed by atoms with Gasteiger partial charge in [0.25, 0.3) is 0 Å². The van der Waals surface area contributed by atoms with Crippen molar-refractivity contribution >= 4 is 17.9 Å². The minimum Gasteiger partial charge on any atom is -0.450 e. The van der Waals surface area contributed by atoms with Crippen LogP contribution in [0.5, 0.6) is 0 Å². The minimum absolute atomic E-state index is 0.339. The van der Waals surface area contributed by atoms with E-state index in [0.29, 0.717) is 24.8 Å². The van der Waals surface area contributed by atoms with Gasteiger partial charge in [-0.25, -0.2) is 9.59 Å². The summed E-state index contributed by atoms with van der Waals surface area (Å²) in [5, 5.41) is 5.50. The van der Waals surface area contributed by atoms with Gasteiger partial charge in [-0.2, -0.15) is 0 Å². The molecule has 0 spiro atoms. The molecular weight excluding hydrogens is 332 g/mol. The molecule has 2 N–H and O–H groups in total. The Kier molecular flexibility index (Phi) is 8.96. The van der Waals surface area contributed by atoms with Crippen molar-refractivity contribution in [3.8, 4) is 0 Å². The molecule has 1 atom stereocenters. The molecule has 6 nitrogen and oxygen atoms in total. The van der Waals surface area contributed by atoms with Gasteiger partial charge in [0.1, 0.15) is 5.60 Å². The van der Waals surface area contributed by atoms with Crippen molar-refractivity contribution in [3.05, 3.63) is 29.8 Å². The van der Waals surface area contributed by atoms with Crippen molar-refractivity contribution < 1.29 is 19.1 Å². The van der Waals surface area contributed by atoms with Gasteiger partial charge in [0, 0.05) is 12.2 Å². The van der Waals surface area contributed by atoms with Gasteiger partial charge in [-0.3, -0.25) is 5.32 Å². The molecule has 0 radical (unpaired) electrons. The molecule has 0 aromatic heterocycles. The fourth-order valence-electron chi connectivity index (χ4n) is 2.61. The van der Waals surface area contributed by atoms with E-state index in [4.69, 9.17) is 9.47 Å². The zero-order chi connectivity index (χ0) is 19.6. The van der Waals surface area contributed by atoms with Crippen LogP contribution in [0, 0.1) is 0 Å². The molecule has 146 valence electrons. The lowest BCUT2D eigenvalue weighted by molar-refractivity contribution is 0.0526. The summed E-state index contributed by atoms with van der Waals surface area (Å²) < 4.78 is 10.1. The second kappa shape index (κ2) is 10.7. The van der Waals surface area contributed by atoms with Crippen molar-refractivity contribution in [1.29, 1.82) is 0 Å². The van der Waals surface area contributed by atoms with Crippen molar-refractivity contribution in [1.82, 2.24) is 5.32 Å². The Balaban J connectivity index is 2.58. The van der Waals surface area contributed by atoms with E-state index in [2.05, 4.69) is 17.6 Å². The number of ether oxygens (including phenoxy) is 2. The van der Waals surface area contributed by atoms with E-state index >= 15 is 0 Å². The average Bonchev–Trinajstić information content (AvgIpc) is 2.53. The molecule has 1 aromatic rings. The number of rotatable bonds is 8. The maximum Gasteiger partial charge on any atom is 0.411 e. The van der Waals surface area contributed by atoms with Gasteiger partial charge in [-0.15, -0.1) is 0 Å². The molecule has 0 aliphatic heterocycles. The van der Waals surface area contributed by atoms with Crippen LogP contribution >= 0.6 is 0 Å². The van der Waals surface area contributed by atoms with Crippen LogP contribution < -0.4 is 10.6 Å². The predicted octanol–water partition coefficient (Wildman–Crippen LogP) is 5.05. The summed E-state index contributed by atoms with van der Waals surface area (Å²) in [4.78, 5) is 23.2. The van der Waals surface area contributed by atoms with Crippen molar-refractivity contribution in [2.24, 2.45) is 0 Å². The molecule has 2 amide bonds. The van der Waals surface area contributed by atoms with Crippen LogP contribution in [0.15, 0.2) is 24.3 Å². The Morgan fingerprint density at radius 1 is 1.04 bits per heavy atom. The molecule has 1 unspecified atom stereocenters. The van der Waals surface area contributed by atoms with Crippen LogP contribution in [0.3, 0.4) is 0 Å². The topological polar surface area (TPSA) is 76.7 Å². The predicted molar refractivity (Wildman–Crippen MR) is 104 cm³/mol. The van der Waals surface area contributed by atoms with Crippen LogP contribution in [0.25, 0.3) is 0 Å². The van der Waals surface area contributed by atoms with Gasteiger partial charge in [0.05, 0.1) is 6.61 Å². The minimum atomic E-state index is -0.491. The number of hydrogen-bond acceptors (Lipinski definition) is 4. The lowest BCUT2D eigenvalue weighted by atomic mass is 9.91. The Morgan fingerprint density at radius 3 is 2.23 bits per heavy atom. The Hall–Kier alpha value is -2.24. The van der Waals surface area contributed by atoms with Gasteiger partial charge in [0.15, 0.2) is 0 Å². The Labute approximate surface area is 156 Å². The molecule has 0 aliphatic rings. The van der Waals surface area contributed by atoms with Crippen molar-refractivity contribution in [3.63, 3.8) is 0 Å². The first kappa shape index (κ1) is 21.8. The van der Waals surface area contributed by atoms with Crippen molar-refractivity contribution in [2.75, 3.05) is 18.5 Å². The van der Waals surface area contributed by atoms with E-state index < -0.39 is 11.7 Å². The van der Waals surface area contributed by atoms with Gasteiger partial charge < -0.3 is 14.8 Å². The van der Waals surface area contributed by atoms with Crippen LogP contribution in [0.4, 0.5) is 15.3 Å². The molecule has 0 heterocycles. The highest BCUT2D eigenvalue weighted by molar-refractivity contribution is 5.84. The zero-order valence-corrected chi connectivity index (χ0v) is 16.6. The van der Waals surface area contributed by atoms with Crippen molar-refractivity contribution in [2.45, 2.75) is 65.4 Å². The fraction of sp³-hybridized carbons (Fsp3) is 0.600. The quantitative estimate of drug-likeness (QED) is 0.676. The highest BCUT2D eigenvalue weighted by atomic mass is 16.6. The van der Waals surface area contributed by atoms with E-state index in [1.165, 1.54) is 5.56 Å². The smallest absolute Gasteiger partial charge is 0.411 e. The number of carbonyl (C=O) groups excluding carboxylic acids is 2. The van der Waals surface area contributed by atoms with E-state index in [1.54, 1.807) is 6.92 Å².